The fraction of sp³-hybridized carbons (Fsp3) is 0.667. The van der Waals surface area contributed by atoms with Crippen LogP contribution in [0.5, 0.6) is 0 Å². The van der Waals surface area contributed by atoms with Crippen molar-refractivity contribution in [1.82, 2.24) is 0 Å². The second kappa shape index (κ2) is 58.3. The van der Waals surface area contributed by atoms with Gasteiger partial charge in [-0.15, -0.1) is 105 Å². The van der Waals surface area contributed by atoms with Crippen molar-refractivity contribution in [2.75, 3.05) is 305 Å². The highest BCUT2D eigenvalue weighted by Gasteiger charge is 2.33. The molecule has 0 aliphatic heterocycles. The maximum absolute atomic E-state index is 4.31. The molecule has 13 heteroatoms. The molecule has 0 unspecified atom stereocenters. The molecular formula is C96H188S13. The molecular weight excluding hydrogens is 1570 g/mol. The summed E-state index contributed by atoms with van der Waals surface area (Å²) in [4.78, 5) is 0. The van der Waals surface area contributed by atoms with Crippen molar-refractivity contribution in [2.45, 2.75) is 77.0 Å². The van der Waals surface area contributed by atoms with Crippen LogP contribution >= 0.6 is 130 Å². The van der Waals surface area contributed by atoms with E-state index in [9.17, 15) is 0 Å². The summed E-state index contributed by atoms with van der Waals surface area (Å²) in [6, 6.07) is 0. The van der Waals surface area contributed by atoms with Crippen molar-refractivity contribution < 1.29 is 0 Å². The van der Waals surface area contributed by atoms with Gasteiger partial charge >= 0.3 is 0 Å². The maximum Gasteiger partial charge on any atom is -0.00487 e. The lowest BCUT2D eigenvalue weighted by molar-refractivity contribution is 0.971. The van der Waals surface area contributed by atoms with E-state index >= 15 is 0 Å². The Morgan fingerprint density at radius 1 is 0.119 bits per heavy atom. The summed E-state index contributed by atoms with van der Waals surface area (Å²) in [5.74, 6) is 52.0. The van der Waals surface area contributed by atoms with Crippen LogP contribution in [0.25, 0.3) is 0 Å². The van der Waals surface area contributed by atoms with Gasteiger partial charge in [-0.25, -0.2) is 130 Å². The summed E-state index contributed by atoms with van der Waals surface area (Å²) in [7, 11) is -11.2. The van der Waals surface area contributed by atoms with Gasteiger partial charge in [0, 0.05) is 0 Å². The Labute approximate surface area is 707 Å². The second-order valence-corrected chi connectivity index (χ2v) is 88.5. The van der Waals surface area contributed by atoms with Crippen molar-refractivity contribution in [3.05, 3.63) is 202 Å². The third-order valence-corrected chi connectivity index (χ3v) is 70.1. The standard InChI is InChI=1S/C96H188S13/c1-29-57-97(17,58-30-2)73-45-81-105(25,82-46-74-98(18,59-31-3)60-32-4)89-53-93-109(94-54-90-106(26,83-47-75-99(19,61-33-5)62-34-6)84-48-76-100(20,63-35-7)64-36-8,95-55-91-107(27,85-49-77-101(21,65-37-9)66-38-10)86-50-78-102(22,67-39-11)68-40-12)96-56-92-108(28,87-51-79-103(23,69-41-13)70-42-14)88-52-80-104(24,71-43-15)72-44-16/h29-44H,1-16,45-96H2,17-28H3. The molecule has 0 N–H and O–H groups in total. The van der Waals surface area contributed by atoms with E-state index < -0.39 is 130 Å². The molecule has 0 aliphatic carbocycles. The first-order chi connectivity index (χ1) is 51.5. The smallest absolute Gasteiger partial charge is 0.00487 e. The Morgan fingerprint density at radius 2 is 0.193 bits per heavy atom. The van der Waals surface area contributed by atoms with Gasteiger partial charge in [-0.2, -0.15) is 0 Å². The molecule has 650 valence electrons. The monoisotopic (exact) mass is 1760 g/mol. The lowest BCUT2D eigenvalue weighted by Crippen LogP contribution is -2.26. The van der Waals surface area contributed by atoms with Crippen LogP contribution in [0.2, 0.25) is 0 Å². The van der Waals surface area contributed by atoms with Crippen molar-refractivity contribution in [2.24, 2.45) is 0 Å². The van der Waals surface area contributed by atoms with Crippen molar-refractivity contribution in [1.29, 1.82) is 0 Å². The molecule has 0 fully saturated rings. The minimum absolute atomic E-state index is 0.816. The molecule has 0 saturated heterocycles. The van der Waals surface area contributed by atoms with Gasteiger partial charge in [-0.05, 0) is 382 Å². The minimum atomic E-state index is -1.04. The van der Waals surface area contributed by atoms with E-state index in [2.05, 4.69) is 278 Å². The van der Waals surface area contributed by atoms with Crippen LogP contribution in [0.15, 0.2) is 202 Å². The van der Waals surface area contributed by atoms with E-state index in [1.165, 1.54) is 215 Å². The summed E-state index contributed by atoms with van der Waals surface area (Å²) in [6.07, 6.45) is 84.2. The third-order valence-electron chi connectivity index (χ3n) is 23.4. The average molecular weight is 1760 g/mol. The molecule has 109 heavy (non-hydrogen) atoms. The topological polar surface area (TPSA) is 0 Å². The van der Waals surface area contributed by atoms with Crippen molar-refractivity contribution in [3.8, 4) is 0 Å². The fourth-order valence-electron chi connectivity index (χ4n) is 17.2. The van der Waals surface area contributed by atoms with Crippen LogP contribution in [-0.4, -0.2) is 305 Å². The Balaban J connectivity index is 9.07. The maximum atomic E-state index is 4.31. The van der Waals surface area contributed by atoms with E-state index in [1.807, 2.05) is 0 Å². The molecule has 0 atom stereocenters. The predicted molar refractivity (Wildman–Crippen MR) is 583 cm³/mol. The van der Waals surface area contributed by atoms with E-state index in [0.29, 0.717) is 0 Å². The van der Waals surface area contributed by atoms with Gasteiger partial charge in [0.15, 0.2) is 0 Å². The van der Waals surface area contributed by atoms with Gasteiger partial charge in [0.1, 0.15) is 0 Å². The van der Waals surface area contributed by atoms with Crippen molar-refractivity contribution in [3.63, 3.8) is 0 Å². The number of hydrogen-bond acceptors (Lipinski definition) is 0. The quantitative estimate of drug-likeness (QED) is 0.0533. The lowest BCUT2D eigenvalue weighted by Gasteiger charge is -2.47. The number of hydrogen-bond donors (Lipinski definition) is 0. The molecule has 0 saturated carbocycles. The van der Waals surface area contributed by atoms with E-state index in [-0.39, 0.29) is 0 Å². The normalized spacial score (nSPS) is 15.2. The van der Waals surface area contributed by atoms with E-state index in [0.717, 1.165) is 92.0 Å². The predicted octanol–water partition coefficient (Wildman–Crippen LogP) is 27.7. The molecule has 0 bridgehead atoms. The Morgan fingerprint density at radius 3 is 0.275 bits per heavy atom. The largest absolute Gasteiger partial charge is 0.244 e. The van der Waals surface area contributed by atoms with Crippen LogP contribution in [0.3, 0.4) is 0 Å². The zero-order valence-electron chi connectivity index (χ0n) is 74.6. The van der Waals surface area contributed by atoms with Crippen LogP contribution in [0.1, 0.15) is 77.0 Å². The molecule has 0 aromatic carbocycles. The summed E-state index contributed by atoms with van der Waals surface area (Å²) in [5.41, 5.74) is 0. The van der Waals surface area contributed by atoms with Gasteiger partial charge in [0.25, 0.3) is 0 Å². The van der Waals surface area contributed by atoms with Gasteiger partial charge in [-0.3, -0.25) is 0 Å². The zero-order chi connectivity index (χ0) is 82.6. The first-order valence-corrected chi connectivity index (χ1v) is 74.4. The first-order valence-electron chi connectivity index (χ1n) is 41.5. The second-order valence-electron chi connectivity index (χ2n) is 35.4. The molecule has 0 aromatic rings. The minimum Gasteiger partial charge on any atom is -0.244 e. The molecule has 0 nitrogen and oxygen atoms in total. The van der Waals surface area contributed by atoms with Gasteiger partial charge in [0.05, 0.1) is 0 Å². The highest BCUT2D eigenvalue weighted by atomic mass is 32.3. The highest BCUT2D eigenvalue weighted by Crippen LogP contribution is 2.61. The van der Waals surface area contributed by atoms with Crippen LogP contribution in [-0.2, 0) is 0 Å². The van der Waals surface area contributed by atoms with Crippen LogP contribution in [0.4, 0.5) is 0 Å². The summed E-state index contributed by atoms with van der Waals surface area (Å²) < 4.78 is 0. The molecule has 0 spiro atoms. The molecule has 0 radical (unpaired) electrons. The van der Waals surface area contributed by atoms with Crippen molar-refractivity contribution >= 4 is 130 Å². The molecule has 0 aromatic heterocycles. The molecule has 0 rings (SSSR count). The lowest BCUT2D eigenvalue weighted by atomic mass is 10.5. The fourth-order valence-corrected chi connectivity index (χ4v) is 55.7. The summed E-state index contributed by atoms with van der Waals surface area (Å²) in [6.45, 7) is 68.9. The first kappa shape index (κ1) is 109. The zero-order valence-corrected chi connectivity index (χ0v) is 85.2. The summed E-state index contributed by atoms with van der Waals surface area (Å²) >= 11 is 0. The molecule has 0 amide bonds. The SMILES string of the molecule is C=CCS(C)(CC=C)CCCS(C)(CCCS(C)(CC=C)CC=C)CCCS(CCCS(C)(CCCS(C)(CC=C)CC=C)CCCS(C)(CC=C)CC=C)(CCCS(C)(CCCS(C)(CC=C)CC=C)CCCS(C)(CC=C)CC=C)CCCS(C)(CCCS(C)(CC=C)CC=C)CCCS(C)(CC=C)CC=C. The Kier molecular flexibility index (Phi) is 58.5. The van der Waals surface area contributed by atoms with E-state index in [1.54, 1.807) is 0 Å². The third kappa shape index (κ3) is 47.7. The van der Waals surface area contributed by atoms with Crippen LogP contribution < -0.4 is 0 Å². The van der Waals surface area contributed by atoms with Gasteiger partial charge in [0.2, 0.25) is 0 Å². The Bertz CT molecular complexity index is 2080. The average Bonchev–Trinajstić information content (AvgIpc) is 0.839. The Hall–Kier alpha value is 0.390. The van der Waals surface area contributed by atoms with E-state index in [4.69, 9.17) is 0 Å². The van der Waals surface area contributed by atoms with Gasteiger partial charge in [-0.1, -0.05) is 97.2 Å². The summed E-state index contributed by atoms with van der Waals surface area (Å²) in [5, 5.41) is 0. The van der Waals surface area contributed by atoms with Gasteiger partial charge < -0.3 is 0 Å². The number of rotatable bonds is 80. The van der Waals surface area contributed by atoms with Crippen LogP contribution in [0, 0.1) is 0 Å². The molecule has 0 aliphatic rings. The molecule has 0 heterocycles. The highest BCUT2D eigenvalue weighted by molar-refractivity contribution is 8.38.